The van der Waals surface area contributed by atoms with Gasteiger partial charge in [-0.15, -0.1) is 0 Å². The molecule has 0 N–H and O–H groups in total. The Balaban J connectivity index is 1.32. The van der Waals surface area contributed by atoms with Crippen molar-refractivity contribution in [1.82, 2.24) is 0 Å². The van der Waals surface area contributed by atoms with Crippen LogP contribution in [0.4, 0.5) is 11.4 Å². The summed E-state index contributed by atoms with van der Waals surface area (Å²) in [5, 5.41) is 0. The van der Waals surface area contributed by atoms with Gasteiger partial charge in [-0.3, -0.25) is 0 Å². The number of anilines is 2. The van der Waals surface area contributed by atoms with Crippen molar-refractivity contribution in [3.05, 3.63) is 216 Å². The van der Waals surface area contributed by atoms with Gasteiger partial charge in [-0.25, -0.2) is 0 Å². The Labute approximate surface area is 331 Å². The molecule has 1 spiro atoms. The van der Waals surface area contributed by atoms with Crippen LogP contribution in [0.2, 0.25) is 0 Å². The normalized spacial score (nSPS) is 32.0. The molecule has 278 valence electrons. The van der Waals surface area contributed by atoms with E-state index in [0.717, 1.165) is 29.8 Å². The van der Waals surface area contributed by atoms with Crippen molar-refractivity contribution in [3.8, 4) is 0 Å². The third-order valence-corrected chi connectivity index (χ3v) is 13.8. The Morgan fingerprint density at radius 1 is 0.891 bits per heavy atom. The van der Waals surface area contributed by atoms with Crippen molar-refractivity contribution in [2.24, 2.45) is 29.6 Å². The molecular weight excluding hydrogens is 663 g/mol. The molecule has 55 heavy (non-hydrogen) atoms. The first-order valence-corrected chi connectivity index (χ1v) is 20.6. The average molecular weight is 720 g/mol. The molecule has 8 atom stereocenters. The molecule has 1 heteroatoms. The largest absolute Gasteiger partial charge is 0.310 e. The zero-order valence-corrected chi connectivity index (χ0v) is 33.3. The molecule has 0 saturated carbocycles. The topological polar surface area (TPSA) is 3.24 Å². The van der Waals surface area contributed by atoms with Crippen LogP contribution in [0.15, 0.2) is 200 Å². The standard InChI is InChI=1S/C54H57N/c1-8-11-33-53(7)39(6)54(49-22-16-15-21-47(49)48-34-37(4)23-31-50(48)54)52-36-45(29-32-51(52)53)55(43-26-24-41(25-27-43)40-19-13-12-14-20-40)44-28-30-46(38(5)35-44)42(17-9-2)18-10-3/h8-14,16-19,22-33,35-37,39-40,46,48,50H,1-2,5,15,20-21,34H2,3-4,6-7H3/b18-10-,33-11-,42-17+. The van der Waals surface area contributed by atoms with Crippen LogP contribution in [0.3, 0.4) is 0 Å². The lowest BCUT2D eigenvalue weighted by Gasteiger charge is -2.44. The van der Waals surface area contributed by atoms with Crippen molar-refractivity contribution in [1.29, 1.82) is 0 Å². The molecule has 0 amide bonds. The van der Waals surface area contributed by atoms with E-state index < -0.39 is 0 Å². The highest BCUT2D eigenvalue weighted by Gasteiger charge is 2.64. The minimum Gasteiger partial charge on any atom is -0.310 e. The summed E-state index contributed by atoms with van der Waals surface area (Å²) in [5.41, 5.74) is 13.0. The zero-order valence-electron chi connectivity index (χ0n) is 33.3. The highest BCUT2D eigenvalue weighted by Crippen LogP contribution is 2.69. The molecule has 6 aliphatic carbocycles. The summed E-state index contributed by atoms with van der Waals surface area (Å²) < 4.78 is 0. The molecule has 0 aromatic heterocycles. The first-order chi connectivity index (χ1) is 26.8. The first-order valence-electron chi connectivity index (χ1n) is 20.6. The summed E-state index contributed by atoms with van der Waals surface area (Å²) in [6.45, 7) is 22.2. The van der Waals surface area contributed by atoms with Crippen LogP contribution in [0.5, 0.6) is 0 Å². The van der Waals surface area contributed by atoms with Crippen LogP contribution >= 0.6 is 0 Å². The Morgan fingerprint density at radius 2 is 1.71 bits per heavy atom. The molecule has 8 unspecified atom stereocenters. The highest BCUT2D eigenvalue weighted by molar-refractivity contribution is 5.76. The van der Waals surface area contributed by atoms with Crippen molar-refractivity contribution in [2.45, 2.75) is 70.1 Å². The van der Waals surface area contributed by atoms with Crippen LogP contribution in [0, 0.1) is 29.6 Å². The summed E-state index contributed by atoms with van der Waals surface area (Å²) in [6, 6.07) is 16.7. The first kappa shape index (κ1) is 36.8. The molecule has 0 radical (unpaired) electrons. The maximum atomic E-state index is 4.63. The molecule has 0 aliphatic heterocycles. The van der Waals surface area contributed by atoms with Gasteiger partial charge >= 0.3 is 0 Å². The molecule has 0 fully saturated rings. The minimum atomic E-state index is -0.155. The minimum absolute atomic E-state index is 0.0918. The van der Waals surface area contributed by atoms with E-state index in [0.29, 0.717) is 29.6 Å². The van der Waals surface area contributed by atoms with Crippen LogP contribution in [-0.4, -0.2) is 0 Å². The Kier molecular flexibility index (Phi) is 9.93. The predicted octanol–water partition coefficient (Wildman–Crippen LogP) is 14.1. The molecule has 6 aliphatic rings. The van der Waals surface area contributed by atoms with Crippen LogP contribution in [0.25, 0.3) is 0 Å². The van der Waals surface area contributed by atoms with Crippen molar-refractivity contribution >= 4 is 11.4 Å². The zero-order chi connectivity index (χ0) is 38.3. The number of rotatable bonds is 9. The van der Waals surface area contributed by atoms with E-state index in [-0.39, 0.29) is 16.7 Å². The van der Waals surface area contributed by atoms with Gasteiger partial charge in [0.2, 0.25) is 0 Å². The quantitative estimate of drug-likeness (QED) is 0.184. The lowest BCUT2D eigenvalue weighted by atomic mass is 9.58. The van der Waals surface area contributed by atoms with Gasteiger partial charge in [-0.1, -0.05) is 161 Å². The molecular formula is C54H57N. The van der Waals surface area contributed by atoms with Gasteiger partial charge in [-0.05, 0) is 126 Å². The molecule has 2 aromatic rings. The molecule has 1 nitrogen and oxygen atoms in total. The van der Waals surface area contributed by atoms with Crippen LogP contribution < -0.4 is 4.90 Å². The fraction of sp³-hybridized carbons (Fsp3) is 0.296. The Morgan fingerprint density at radius 3 is 2.44 bits per heavy atom. The van der Waals surface area contributed by atoms with E-state index in [2.05, 4.69) is 192 Å². The number of fused-ring (bicyclic) bond motifs is 6. The van der Waals surface area contributed by atoms with Crippen LogP contribution in [-0.2, 0) is 10.8 Å². The van der Waals surface area contributed by atoms with Gasteiger partial charge < -0.3 is 4.90 Å². The second-order valence-electron chi connectivity index (χ2n) is 16.8. The lowest BCUT2D eigenvalue weighted by Crippen LogP contribution is -2.43. The van der Waals surface area contributed by atoms with E-state index in [9.17, 15) is 0 Å². The third kappa shape index (κ3) is 5.99. The Bertz CT molecular complexity index is 2200. The average Bonchev–Trinajstić information content (AvgIpc) is 3.60. The van der Waals surface area contributed by atoms with E-state index in [1.807, 2.05) is 12.2 Å². The van der Waals surface area contributed by atoms with Gasteiger partial charge in [0.1, 0.15) is 0 Å². The van der Waals surface area contributed by atoms with Crippen LogP contribution in [0.1, 0.15) is 76.0 Å². The van der Waals surface area contributed by atoms with Crippen molar-refractivity contribution in [2.75, 3.05) is 4.90 Å². The number of benzene rings is 2. The monoisotopic (exact) mass is 719 g/mol. The summed E-state index contributed by atoms with van der Waals surface area (Å²) >= 11 is 0. The second-order valence-corrected chi connectivity index (χ2v) is 16.8. The summed E-state index contributed by atoms with van der Waals surface area (Å²) in [5.74, 6) is 2.45. The molecule has 2 aromatic carbocycles. The Hall–Kier alpha value is -5.14. The molecule has 0 heterocycles. The van der Waals surface area contributed by atoms with E-state index >= 15 is 0 Å². The number of nitrogens with zero attached hydrogens (tertiary/aromatic N) is 1. The summed E-state index contributed by atoms with van der Waals surface area (Å²) in [7, 11) is 0. The smallest absolute Gasteiger partial charge is 0.0464 e. The summed E-state index contributed by atoms with van der Waals surface area (Å²) in [6.07, 6.45) is 45.3. The van der Waals surface area contributed by atoms with Crippen molar-refractivity contribution < 1.29 is 0 Å². The number of allylic oxidation sites excluding steroid dienone is 22. The van der Waals surface area contributed by atoms with E-state index in [4.69, 9.17) is 0 Å². The maximum absolute atomic E-state index is 4.63. The maximum Gasteiger partial charge on any atom is 0.0464 e. The fourth-order valence-electron chi connectivity index (χ4n) is 11.2. The van der Waals surface area contributed by atoms with Crippen molar-refractivity contribution in [3.63, 3.8) is 0 Å². The fourth-order valence-corrected chi connectivity index (χ4v) is 11.2. The summed E-state index contributed by atoms with van der Waals surface area (Å²) in [4.78, 5) is 2.47. The SMILES string of the molecule is C=C/C=C\C1(C)c2ccc(N(C3=CC(=C)C(C(/C=C\C)=C/C=C)C=C3)c3ccc(C4C=CC=CC4)cc3)cc2C2(C3=C(CCC=C3)C3CC(C)C=CC32)C1C. The third-order valence-electron chi connectivity index (χ3n) is 13.8. The molecule has 8 rings (SSSR count). The number of hydrogen-bond donors (Lipinski definition) is 0. The lowest BCUT2D eigenvalue weighted by molar-refractivity contribution is 0.202. The van der Waals surface area contributed by atoms with E-state index in [1.165, 1.54) is 40.8 Å². The van der Waals surface area contributed by atoms with Gasteiger partial charge in [0, 0.05) is 39.7 Å². The molecule has 0 saturated heterocycles. The second kappa shape index (κ2) is 14.8. The highest BCUT2D eigenvalue weighted by atomic mass is 15.1. The van der Waals surface area contributed by atoms with Gasteiger partial charge in [0.15, 0.2) is 0 Å². The van der Waals surface area contributed by atoms with Gasteiger partial charge in [0.05, 0.1) is 0 Å². The van der Waals surface area contributed by atoms with Gasteiger partial charge in [-0.2, -0.15) is 0 Å². The molecule has 0 bridgehead atoms. The van der Waals surface area contributed by atoms with E-state index in [1.54, 1.807) is 11.1 Å². The predicted molar refractivity (Wildman–Crippen MR) is 236 cm³/mol. The van der Waals surface area contributed by atoms with Gasteiger partial charge in [0.25, 0.3) is 0 Å². The number of hydrogen-bond acceptors (Lipinski definition) is 1.